The third-order valence-corrected chi connectivity index (χ3v) is 6.07. The van der Waals surface area contributed by atoms with Crippen LogP contribution < -0.4 is 5.32 Å². The lowest BCUT2D eigenvalue weighted by Gasteiger charge is -2.17. The topological polar surface area (TPSA) is 114 Å². The van der Waals surface area contributed by atoms with Crippen molar-refractivity contribution in [2.75, 3.05) is 5.32 Å². The minimum atomic E-state index is -0.688. The van der Waals surface area contributed by atoms with Crippen LogP contribution in [0.2, 0.25) is 5.02 Å². The van der Waals surface area contributed by atoms with Gasteiger partial charge in [-0.25, -0.2) is 0 Å². The molecule has 8 nitrogen and oxygen atoms in total. The maximum Gasteiger partial charge on any atom is 0.408 e. The quantitative estimate of drug-likeness (QED) is 0.631. The molecule has 2 heterocycles. The number of anilines is 1. The summed E-state index contributed by atoms with van der Waals surface area (Å²) in [6.07, 6.45) is 2.77. The Morgan fingerprint density at radius 2 is 2.35 bits per heavy atom. The molecule has 3 rings (SSSR count). The Morgan fingerprint density at radius 1 is 1.62 bits per heavy atom. The smallest absolute Gasteiger partial charge is 0.358 e. The van der Waals surface area contributed by atoms with Crippen LogP contribution in [0.15, 0.2) is 0 Å². The predicted molar refractivity (Wildman–Crippen MR) is 97.5 cm³/mol. The van der Waals surface area contributed by atoms with Crippen LogP contribution in [-0.2, 0) is 24.2 Å². The fourth-order valence-electron chi connectivity index (χ4n) is 3.04. The van der Waals surface area contributed by atoms with Gasteiger partial charge in [0.05, 0.1) is 16.4 Å². The molecule has 0 spiro atoms. The number of aromatic nitrogens is 2. The van der Waals surface area contributed by atoms with E-state index >= 15 is 0 Å². The van der Waals surface area contributed by atoms with E-state index in [1.165, 1.54) is 16.0 Å². The van der Waals surface area contributed by atoms with Gasteiger partial charge in [0.1, 0.15) is 17.6 Å². The van der Waals surface area contributed by atoms with Crippen LogP contribution in [0, 0.1) is 34.3 Å². The molecule has 0 aliphatic heterocycles. The lowest BCUT2D eigenvalue weighted by Crippen LogP contribution is -2.20. The number of hydrogen-bond donors (Lipinski definition) is 1. The molecule has 26 heavy (non-hydrogen) atoms. The number of carbonyl (C=O) groups is 1. The van der Waals surface area contributed by atoms with Crippen LogP contribution >= 0.6 is 22.9 Å². The second kappa shape index (κ2) is 7.05. The van der Waals surface area contributed by atoms with Crippen molar-refractivity contribution in [2.45, 2.75) is 39.7 Å². The number of nitrogens with zero attached hydrogens (tertiary/aromatic N) is 4. The molecule has 0 fully saturated rings. The van der Waals surface area contributed by atoms with E-state index in [9.17, 15) is 20.2 Å². The number of rotatable bonds is 4. The van der Waals surface area contributed by atoms with E-state index in [0.717, 1.165) is 29.7 Å². The Balaban J connectivity index is 1.81. The molecular formula is C16H16ClN5O3S. The monoisotopic (exact) mass is 393 g/mol. The lowest BCUT2D eigenvalue weighted by molar-refractivity contribution is -0.389. The predicted octanol–water partition coefficient (Wildman–Crippen LogP) is 3.45. The van der Waals surface area contributed by atoms with Crippen LogP contribution in [-0.4, -0.2) is 20.6 Å². The molecule has 0 radical (unpaired) electrons. The van der Waals surface area contributed by atoms with E-state index in [4.69, 9.17) is 11.6 Å². The normalized spacial score (nSPS) is 16.0. The number of fused-ring (bicyclic) bond motifs is 1. The van der Waals surface area contributed by atoms with Crippen molar-refractivity contribution in [1.82, 2.24) is 9.78 Å². The second-order valence-electron chi connectivity index (χ2n) is 6.35. The van der Waals surface area contributed by atoms with Gasteiger partial charge in [0, 0.05) is 4.88 Å². The van der Waals surface area contributed by atoms with E-state index in [-0.39, 0.29) is 11.6 Å². The molecule has 0 bridgehead atoms. The molecule has 0 aromatic carbocycles. The molecule has 2 aromatic heterocycles. The molecule has 2 aromatic rings. The first-order valence-corrected chi connectivity index (χ1v) is 9.23. The highest BCUT2D eigenvalue weighted by Gasteiger charge is 2.27. The molecule has 1 aliphatic carbocycles. The zero-order valence-corrected chi connectivity index (χ0v) is 15.8. The van der Waals surface area contributed by atoms with Crippen LogP contribution in [0.25, 0.3) is 0 Å². The molecule has 1 N–H and O–H groups in total. The van der Waals surface area contributed by atoms with Crippen LogP contribution in [0.4, 0.5) is 10.8 Å². The van der Waals surface area contributed by atoms with Crippen LogP contribution in [0.3, 0.4) is 0 Å². The fraction of sp³-hybridized carbons (Fsp3) is 0.438. The summed E-state index contributed by atoms with van der Waals surface area (Å²) in [5.41, 5.74) is 1.89. The Labute approximate surface area is 158 Å². The van der Waals surface area contributed by atoms with Gasteiger partial charge < -0.3 is 15.4 Å². The zero-order chi connectivity index (χ0) is 19.0. The zero-order valence-electron chi connectivity index (χ0n) is 14.2. The van der Waals surface area contributed by atoms with Gasteiger partial charge in [0.25, 0.3) is 0 Å². The Kier molecular flexibility index (Phi) is 4.98. The third kappa shape index (κ3) is 3.30. The Morgan fingerprint density at radius 3 is 2.96 bits per heavy atom. The minimum absolute atomic E-state index is 0.0823. The van der Waals surface area contributed by atoms with E-state index in [1.54, 1.807) is 6.92 Å². The number of amides is 1. The fourth-order valence-corrected chi connectivity index (χ4v) is 4.62. The summed E-state index contributed by atoms with van der Waals surface area (Å²) in [6.45, 7) is 3.51. The highest BCUT2D eigenvalue weighted by Crippen LogP contribution is 2.39. The summed E-state index contributed by atoms with van der Waals surface area (Å²) in [7, 11) is 0. The van der Waals surface area contributed by atoms with E-state index < -0.39 is 16.6 Å². The summed E-state index contributed by atoms with van der Waals surface area (Å²) in [5.74, 6) is -0.328. The van der Waals surface area contributed by atoms with Crippen molar-refractivity contribution < 1.29 is 9.72 Å². The van der Waals surface area contributed by atoms with Gasteiger partial charge in [-0.05, 0) is 42.6 Å². The average molecular weight is 394 g/mol. The molecule has 10 heteroatoms. The first-order chi connectivity index (χ1) is 12.3. The summed E-state index contributed by atoms with van der Waals surface area (Å²) in [5, 5.41) is 27.3. The number of nitro groups is 1. The van der Waals surface area contributed by atoms with Crippen molar-refractivity contribution in [3.05, 3.63) is 36.8 Å². The molecule has 0 unspecified atom stereocenters. The van der Waals surface area contributed by atoms with Gasteiger partial charge in [-0.2, -0.15) is 9.94 Å². The molecule has 0 saturated carbocycles. The van der Waals surface area contributed by atoms with Crippen LogP contribution in [0.1, 0.15) is 35.0 Å². The van der Waals surface area contributed by atoms with Crippen LogP contribution in [0.5, 0.6) is 0 Å². The molecular weight excluding hydrogens is 378 g/mol. The van der Waals surface area contributed by atoms with E-state index in [2.05, 4.69) is 23.4 Å². The number of nitriles is 1. The second-order valence-corrected chi connectivity index (χ2v) is 7.84. The SMILES string of the molecule is Cc1c(Cl)c([N+](=O)[O-])nn1CC(=O)Nc1sc2c(c1C#N)CC[C@@H](C)C2. The maximum absolute atomic E-state index is 12.4. The number of hydrogen-bond acceptors (Lipinski definition) is 6. The first kappa shape index (κ1) is 18.4. The molecule has 1 aliphatic rings. The minimum Gasteiger partial charge on any atom is -0.358 e. The van der Waals surface area contributed by atoms with Gasteiger partial charge >= 0.3 is 5.82 Å². The van der Waals surface area contributed by atoms with Crippen molar-refractivity contribution in [3.63, 3.8) is 0 Å². The summed E-state index contributed by atoms with van der Waals surface area (Å²) in [4.78, 5) is 23.7. The number of nitrogens with one attached hydrogen (secondary N) is 1. The largest absolute Gasteiger partial charge is 0.408 e. The van der Waals surface area contributed by atoms with Crippen molar-refractivity contribution >= 4 is 39.7 Å². The van der Waals surface area contributed by atoms with Gasteiger partial charge in [0.15, 0.2) is 5.02 Å². The first-order valence-electron chi connectivity index (χ1n) is 8.03. The lowest BCUT2D eigenvalue weighted by atomic mass is 9.89. The molecule has 1 atom stereocenters. The standard InChI is InChI=1S/C16H16ClN5O3S/c1-8-3-4-10-11(6-18)16(26-12(10)5-8)19-13(23)7-21-9(2)14(17)15(20-21)22(24)25/h8H,3-5,7H2,1-2H3,(H,19,23)/t8-/m1/s1. The summed E-state index contributed by atoms with van der Waals surface area (Å²) in [6, 6.07) is 2.19. The molecule has 1 amide bonds. The van der Waals surface area contributed by atoms with E-state index in [1.807, 2.05) is 0 Å². The summed E-state index contributed by atoms with van der Waals surface area (Å²) < 4.78 is 1.19. The average Bonchev–Trinajstić information content (AvgIpc) is 3.05. The molecule has 136 valence electrons. The van der Waals surface area contributed by atoms with Gasteiger partial charge in [0.2, 0.25) is 5.91 Å². The highest BCUT2D eigenvalue weighted by atomic mass is 35.5. The van der Waals surface area contributed by atoms with E-state index in [0.29, 0.717) is 22.2 Å². The van der Waals surface area contributed by atoms with Gasteiger partial charge in [-0.1, -0.05) is 18.5 Å². The Bertz CT molecular complexity index is 943. The van der Waals surface area contributed by atoms with Gasteiger partial charge in [-0.3, -0.25) is 4.79 Å². The maximum atomic E-state index is 12.4. The van der Waals surface area contributed by atoms with Gasteiger partial charge in [-0.15, -0.1) is 11.3 Å². The van der Waals surface area contributed by atoms with Crippen molar-refractivity contribution in [2.24, 2.45) is 5.92 Å². The summed E-state index contributed by atoms with van der Waals surface area (Å²) >= 11 is 7.31. The number of thiophene rings is 1. The number of halogens is 1. The Hall–Kier alpha value is -2.44. The van der Waals surface area contributed by atoms with Crippen molar-refractivity contribution in [3.8, 4) is 6.07 Å². The highest BCUT2D eigenvalue weighted by molar-refractivity contribution is 7.16. The number of carbonyl (C=O) groups excluding carboxylic acids is 1. The molecule has 0 saturated heterocycles. The third-order valence-electron chi connectivity index (χ3n) is 4.46. The van der Waals surface area contributed by atoms with Crippen molar-refractivity contribution in [1.29, 1.82) is 5.26 Å².